The summed E-state index contributed by atoms with van der Waals surface area (Å²) < 4.78 is 43.7. The molecule has 47 heavy (non-hydrogen) atoms. The van der Waals surface area contributed by atoms with Crippen LogP contribution in [-0.4, -0.2) is 72.4 Å². The van der Waals surface area contributed by atoms with E-state index >= 15 is 0 Å². The summed E-state index contributed by atoms with van der Waals surface area (Å²) in [5, 5.41) is 14.6. The summed E-state index contributed by atoms with van der Waals surface area (Å²) in [7, 11) is -4.11. The van der Waals surface area contributed by atoms with Gasteiger partial charge in [0.1, 0.15) is 5.82 Å². The number of nitrogen functional groups attached to an aromatic ring is 1. The van der Waals surface area contributed by atoms with Gasteiger partial charge in [-0.15, -0.1) is 0 Å². The number of carbonyl (C=O) groups is 2. The highest BCUT2D eigenvalue weighted by atomic mass is 32.2. The number of sulfonamides is 1. The number of nitrogens with one attached hydrogen (secondary N) is 1. The van der Waals surface area contributed by atoms with Crippen LogP contribution in [0, 0.1) is 17.2 Å². The molecule has 3 aromatic carbocycles. The van der Waals surface area contributed by atoms with Crippen molar-refractivity contribution >= 4 is 27.5 Å². The first kappa shape index (κ1) is 37.8. The topological polar surface area (TPSA) is 159 Å². The van der Waals surface area contributed by atoms with Crippen LogP contribution in [0.15, 0.2) is 83.8 Å². The fourth-order valence-electron chi connectivity index (χ4n) is 5.71. The number of anilines is 1. The molecular weight excluding hydrogens is 621 g/mol. The van der Waals surface area contributed by atoms with Crippen LogP contribution in [0.3, 0.4) is 0 Å². The van der Waals surface area contributed by atoms with Gasteiger partial charge in [0.15, 0.2) is 0 Å². The molecule has 12 heteroatoms. The van der Waals surface area contributed by atoms with Gasteiger partial charge in [0, 0.05) is 31.4 Å². The molecule has 1 unspecified atom stereocenters. The van der Waals surface area contributed by atoms with E-state index in [-0.39, 0.29) is 42.6 Å². The van der Waals surface area contributed by atoms with Crippen LogP contribution < -0.4 is 16.8 Å². The lowest BCUT2D eigenvalue weighted by molar-refractivity contribution is -0.138. The third-order valence-corrected chi connectivity index (χ3v) is 9.54. The number of halogens is 1. The Morgan fingerprint density at radius 3 is 2.15 bits per heavy atom. The number of imide groups is 1. The lowest BCUT2D eigenvalue weighted by Gasteiger charge is -2.45. The van der Waals surface area contributed by atoms with Crippen LogP contribution in [0.1, 0.15) is 45.7 Å². The van der Waals surface area contributed by atoms with Crippen molar-refractivity contribution in [3.63, 3.8) is 0 Å². The normalized spacial score (nSPS) is 14.3. The Kier molecular flexibility index (Phi) is 13.2. The molecule has 0 radical (unpaired) electrons. The van der Waals surface area contributed by atoms with Gasteiger partial charge < -0.3 is 16.6 Å². The second kappa shape index (κ2) is 16.4. The summed E-state index contributed by atoms with van der Waals surface area (Å²) in [6.45, 7) is 8.61. The minimum absolute atomic E-state index is 0.00460. The fraction of sp³-hybridized carbons (Fsp3) is 0.429. The fourth-order valence-corrected chi connectivity index (χ4v) is 7.38. The number of benzene rings is 3. The molecule has 0 spiro atoms. The van der Waals surface area contributed by atoms with E-state index in [9.17, 15) is 27.5 Å². The molecule has 3 rings (SSSR count). The Morgan fingerprint density at radius 2 is 1.57 bits per heavy atom. The van der Waals surface area contributed by atoms with Gasteiger partial charge >= 0.3 is 0 Å². The number of nitrogens with zero attached hydrogens (tertiary/aromatic N) is 2. The number of nitrogens with two attached hydrogens (primary N) is 2. The minimum Gasteiger partial charge on any atom is -0.399 e. The molecule has 0 saturated heterocycles. The van der Waals surface area contributed by atoms with Crippen LogP contribution in [-0.2, 0) is 32.6 Å². The Balaban J connectivity index is 2.20. The highest BCUT2D eigenvalue weighted by molar-refractivity contribution is 7.89. The zero-order valence-electron chi connectivity index (χ0n) is 27.8. The van der Waals surface area contributed by atoms with E-state index in [1.807, 2.05) is 65.0 Å². The monoisotopic (exact) mass is 669 g/mol. The van der Waals surface area contributed by atoms with Crippen LogP contribution >= 0.6 is 0 Å². The van der Waals surface area contributed by atoms with Gasteiger partial charge in [0.05, 0.1) is 23.6 Å². The standard InChI is InChI=1S/C35H48FN5O5S/c1-24(2)21-40(47(45,46)29-16-10-15-28(38)19-29)23-31(42)30(18-25-11-7-6-8-12-25)41(22-26-13-9-14-27(36)17-26)33(35(3,4)5)34(44)39-32(43)20-37/h6-17,19,24,30-31,33,42H,18,20-23,37-38H2,1-5H3,(H,39,43,44)/t30-,31?,33-/m0/s1. The summed E-state index contributed by atoms with van der Waals surface area (Å²) in [5.74, 6) is -1.88. The predicted octanol–water partition coefficient (Wildman–Crippen LogP) is 3.55. The third-order valence-electron chi connectivity index (χ3n) is 7.72. The second-order valence-corrected chi connectivity index (χ2v) is 15.2. The lowest BCUT2D eigenvalue weighted by atomic mass is 9.82. The Bertz CT molecular complexity index is 1600. The van der Waals surface area contributed by atoms with Crippen molar-refractivity contribution in [1.29, 1.82) is 0 Å². The van der Waals surface area contributed by atoms with Gasteiger partial charge in [-0.05, 0) is 59.2 Å². The molecule has 0 bridgehead atoms. The predicted molar refractivity (Wildman–Crippen MR) is 182 cm³/mol. The summed E-state index contributed by atoms with van der Waals surface area (Å²) >= 11 is 0. The Morgan fingerprint density at radius 1 is 0.936 bits per heavy atom. The minimum atomic E-state index is -4.11. The van der Waals surface area contributed by atoms with E-state index < -0.39 is 57.8 Å². The molecule has 6 N–H and O–H groups in total. The Hall–Kier alpha value is -3.68. The van der Waals surface area contributed by atoms with Crippen molar-refractivity contribution in [2.45, 2.75) is 70.7 Å². The summed E-state index contributed by atoms with van der Waals surface area (Å²) in [5.41, 5.74) is 12.3. The molecule has 0 aromatic heterocycles. The molecule has 3 aromatic rings. The number of carbonyl (C=O) groups excluding carboxylic acids is 2. The third kappa shape index (κ3) is 10.7. The average molecular weight is 670 g/mol. The van der Waals surface area contributed by atoms with E-state index in [2.05, 4.69) is 5.32 Å². The summed E-state index contributed by atoms with van der Waals surface area (Å²) in [6.07, 6.45) is -1.14. The molecule has 256 valence electrons. The zero-order valence-corrected chi connectivity index (χ0v) is 28.6. The van der Waals surface area contributed by atoms with Crippen LogP contribution in [0.5, 0.6) is 0 Å². The molecule has 0 heterocycles. The van der Waals surface area contributed by atoms with Gasteiger partial charge in [-0.3, -0.25) is 19.8 Å². The molecule has 10 nitrogen and oxygen atoms in total. The van der Waals surface area contributed by atoms with E-state index in [4.69, 9.17) is 11.5 Å². The van der Waals surface area contributed by atoms with Gasteiger partial charge in [-0.1, -0.05) is 83.1 Å². The molecule has 0 fully saturated rings. The number of amides is 2. The number of aliphatic hydroxyl groups excluding tert-OH is 1. The second-order valence-electron chi connectivity index (χ2n) is 13.3. The van der Waals surface area contributed by atoms with Crippen LogP contribution in [0.2, 0.25) is 0 Å². The maximum Gasteiger partial charge on any atom is 0.244 e. The van der Waals surface area contributed by atoms with Crippen molar-refractivity contribution in [3.05, 3.63) is 95.8 Å². The first-order chi connectivity index (χ1) is 22.0. The van der Waals surface area contributed by atoms with E-state index in [1.165, 1.54) is 28.6 Å². The quantitative estimate of drug-likeness (QED) is 0.179. The smallest absolute Gasteiger partial charge is 0.244 e. The van der Waals surface area contributed by atoms with E-state index in [0.717, 1.165) is 5.56 Å². The van der Waals surface area contributed by atoms with E-state index in [0.29, 0.717) is 5.56 Å². The van der Waals surface area contributed by atoms with Crippen molar-refractivity contribution in [3.8, 4) is 0 Å². The van der Waals surface area contributed by atoms with Gasteiger partial charge in [-0.2, -0.15) is 4.31 Å². The molecule has 3 atom stereocenters. The van der Waals surface area contributed by atoms with Gasteiger partial charge in [-0.25, -0.2) is 12.8 Å². The summed E-state index contributed by atoms with van der Waals surface area (Å²) in [4.78, 5) is 27.9. The molecule has 0 aliphatic rings. The van der Waals surface area contributed by atoms with Gasteiger partial charge in [0.25, 0.3) is 0 Å². The largest absolute Gasteiger partial charge is 0.399 e. The van der Waals surface area contributed by atoms with E-state index in [1.54, 1.807) is 29.2 Å². The molecular formula is C35H48FN5O5S. The highest BCUT2D eigenvalue weighted by Crippen LogP contribution is 2.31. The average Bonchev–Trinajstić information content (AvgIpc) is 2.98. The van der Waals surface area contributed by atoms with Crippen molar-refractivity contribution in [2.24, 2.45) is 17.1 Å². The van der Waals surface area contributed by atoms with Crippen molar-refractivity contribution < 1.29 is 27.5 Å². The molecule has 0 saturated carbocycles. The number of hydrogen-bond donors (Lipinski definition) is 4. The van der Waals surface area contributed by atoms with Crippen LogP contribution in [0.25, 0.3) is 0 Å². The first-order valence-corrected chi connectivity index (χ1v) is 17.1. The maximum absolute atomic E-state index is 14.5. The first-order valence-electron chi connectivity index (χ1n) is 15.6. The molecule has 0 aliphatic carbocycles. The number of hydrogen-bond acceptors (Lipinski definition) is 8. The zero-order chi connectivity index (χ0) is 34.9. The number of rotatable bonds is 15. The molecule has 0 aliphatic heterocycles. The lowest BCUT2D eigenvalue weighted by Crippen LogP contribution is -2.61. The van der Waals surface area contributed by atoms with Gasteiger partial charge in [0.2, 0.25) is 21.8 Å². The molecule has 2 amide bonds. The van der Waals surface area contributed by atoms with Crippen molar-refractivity contribution in [2.75, 3.05) is 25.4 Å². The summed E-state index contributed by atoms with van der Waals surface area (Å²) in [6, 6.07) is 19.3. The van der Waals surface area contributed by atoms with Crippen LogP contribution in [0.4, 0.5) is 10.1 Å². The Labute approximate surface area is 278 Å². The number of aliphatic hydroxyl groups is 1. The van der Waals surface area contributed by atoms with Crippen molar-refractivity contribution in [1.82, 2.24) is 14.5 Å². The highest BCUT2D eigenvalue weighted by Gasteiger charge is 2.43. The maximum atomic E-state index is 14.5. The SMILES string of the molecule is CC(C)CN(CC(O)[C@H](Cc1ccccc1)N(Cc1cccc(F)c1)[C@@H](C(=O)NC(=O)CN)C(C)(C)C)S(=O)(=O)c1cccc(N)c1.